The van der Waals surface area contributed by atoms with E-state index in [1.54, 1.807) is 24.3 Å². The molecule has 14 heteroatoms. The van der Waals surface area contributed by atoms with Gasteiger partial charge < -0.3 is 40.3 Å². The molecule has 2 fully saturated rings. The van der Waals surface area contributed by atoms with Gasteiger partial charge in [0.05, 0.1) is 25.2 Å². The molecule has 2 aliphatic rings. The SMILES string of the molecule is CC(C)[C@H](NC(=O)c1ccc(CN2CCCCC2)o1)C(=O)N[C@@H](Cc1ccccc1)[C@@H](O)[C@H](O)[C@H](Cc1ccccc1)NC(=O)[C@@H](NC(=O)c1ccc(CN2CCCCC2)o1)C(C)C. The number of hydrogen-bond donors (Lipinski definition) is 6. The summed E-state index contributed by atoms with van der Waals surface area (Å²) in [7, 11) is 0. The van der Waals surface area contributed by atoms with Gasteiger partial charge in [0, 0.05) is 0 Å². The molecule has 0 saturated carbocycles. The predicted molar refractivity (Wildman–Crippen MR) is 244 cm³/mol. The number of aliphatic hydroxyl groups is 2. The van der Waals surface area contributed by atoms with Crippen LogP contribution in [0.4, 0.5) is 0 Å². The van der Waals surface area contributed by atoms with Gasteiger partial charge in [0.25, 0.3) is 11.8 Å². The molecule has 64 heavy (non-hydrogen) atoms. The molecule has 0 bridgehead atoms. The summed E-state index contributed by atoms with van der Waals surface area (Å²) in [4.78, 5) is 60.0. The van der Waals surface area contributed by atoms with E-state index in [4.69, 9.17) is 8.83 Å². The number of aliphatic hydroxyl groups excluding tert-OH is 2. The molecule has 6 rings (SSSR count). The first-order valence-electron chi connectivity index (χ1n) is 23.1. The standard InChI is InChI=1S/C50H68N6O8/c1-33(2)43(53-47(59)41-23-21-37(63-41)31-55-25-13-7-14-26-55)49(61)51-39(29-35-17-9-5-10-18-35)45(57)46(58)40(30-36-19-11-6-12-20-36)52-50(62)44(34(3)4)54-48(60)42-24-22-38(64-42)32-56-27-15-8-16-28-56/h5-6,9-12,17-24,33-34,39-40,43-46,57-58H,7-8,13-16,25-32H2,1-4H3,(H,51,61)(H,52,62)(H,53,59)(H,54,60)/t39-,40-,43-,44-,45+,46+/m0/s1. The highest BCUT2D eigenvalue weighted by Crippen LogP contribution is 2.20. The monoisotopic (exact) mass is 881 g/mol. The van der Waals surface area contributed by atoms with Crippen molar-refractivity contribution in [2.75, 3.05) is 26.2 Å². The fourth-order valence-electron chi connectivity index (χ4n) is 8.61. The van der Waals surface area contributed by atoms with Crippen LogP contribution in [0.3, 0.4) is 0 Å². The van der Waals surface area contributed by atoms with Crippen molar-refractivity contribution in [2.45, 2.75) is 129 Å². The third kappa shape index (κ3) is 13.9. The Morgan fingerprint density at radius 1 is 0.516 bits per heavy atom. The first-order valence-corrected chi connectivity index (χ1v) is 23.1. The highest BCUT2D eigenvalue weighted by molar-refractivity contribution is 5.96. The van der Waals surface area contributed by atoms with Gasteiger partial charge >= 0.3 is 0 Å². The van der Waals surface area contributed by atoms with Crippen molar-refractivity contribution in [1.29, 1.82) is 0 Å². The number of furan rings is 2. The van der Waals surface area contributed by atoms with E-state index in [1.807, 2.05) is 88.4 Å². The molecular formula is C50H68N6O8. The number of rotatable bonds is 21. The number of hydrogen-bond acceptors (Lipinski definition) is 10. The summed E-state index contributed by atoms with van der Waals surface area (Å²) in [6.45, 7) is 12.3. The second-order valence-electron chi connectivity index (χ2n) is 18.2. The average molecular weight is 881 g/mol. The van der Waals surface area contributed by atoms with Gasteiger partial charge in [-0.15, -0.1) is 0 Å². The number of benzene rings is 2. The molecule has 4 aromatic rings. The van der Waals surface area contributed by atoms with Crippen molar-refractivity contribution in [3.63, 3.8) is 0 Å². The Balaban J connectivity index is 1.17. The maximum Gasteiger partial charge on any atom is 0.287 e. The zero-order valence-electron chi connectivity index (χ0n) is 37.8. The molecule has 0 aliphatic carbocycles. The smallest absolute Gasteiger partial charge is 0.287 e. The number of carbonyl (C=O) groups is 4. The van der Waals surface area contributed by atoms with Crippen molar-refractivity contribution in [2.24, 2.45) is 11.8 Å². The summed E-state index contributed by atoms with van der Waals surface area (Å²) in [5, 5.41) is 35.8. The van der Waals surface area contributed by atoms with Crippen molar-refractivity contribution in [3.8, 4) is 0 Å². The van der Waals surface area contributed by atoms with E-state index in [1.165, 1.54) is 12.8 Å². The largest absolute Gasteiger partial charge is 0.455 e. The van der Waals surface area contributed by atoms with E-state index in [2.05, 4.69) is 31.1 Å². The zero-order valence-corrected chi connectivity index (χ0v) is 37.8. The molecule has 0 spiro atoms. The Hall–Kier alpha value is -5.28. The minimum atomic E-state index is -1.60. The molecule has 6 atom stereocenters. The molecule has 0 unspecified atom stereocenters. The van der Waals surface area contributed by atoms with Crippen LogP contribution >= 0.6 is 0 Å². The molecule has 0 radical (unpaired) electrons. The predicted octanol–water partition coefficient (Wildman–Crippen LogP) is 5.23. The normalized spacial score (nSPS) is 17.8. The van der Waals surface area contributed by atoms with Gasteiger partial charge in [0.15, 0.2) is 11.5 Å². The van der Waals surface area contributed by atoms with Gasteiger partial charge in [0.2, 0.25) is 11.8 Å². The molecule has 4 amide bonds. The van der Waals surface area contributed by atoms with Crippen molar-refractivity contribution < 1.29 is 38.2 Å². The highest BCUT2D eigenvalue weighted by Gasteiger charge is 2.38. The Kier molecular flexibility index (Phi) is 17.8. The molecule has 346 valence electrons. The maximum atomic E-state index is 14.2. The first-order chi connectivity index (χ1) is 30.8. The van der Waals surface area contributed by atoms with Gasteiger partial charge in [-0.05, 0) is 112 Å². The summed E-state index contributed by atoms with van der Waals surface area (Å²) in [6, 6.07) is 21.1. The zero-order chi connectivity index (χ0) is 45.6. The Morgan fingerprint density at radius 3 is 1.22 bits per heavy atom. The Bertz CT molecular complexity index is 1930. The van der Waals surface area contributed by atoms with E-state index < -0.39 is 60.0 Å². The van der Waals surface area contributed by atoms with E-state index in [-0.39, 0.29) is 36.2 Å². The fourth-order valence-corrected chi connectivity index (χ4v) is 8.61. The van der Waals surface area contributed by atoms with E-state index in [0.717, 1.165) is 63.0 Å². The summed E-state index contributed by atoms with van der Waals surface area (Å²) in [5.74, 6) is -1.37. The number of amides is 4. The Morgan fingerprint density at radius 2 is 0.875 bits per heavy atom. The fraction of sp³-hybridized carbons (Fsp3) is 0.520. The van der Waals surface area contributed by atoms with E-state index in [9.17, 15) is 29.4 Å². The lowest BCUT2D eigenvalue weighted by Crippen LogP contribution is -2.61. The quantitative estimate of drug-likeness (QED) is 0.0647. The van der Waals surface area contributed by atoms with Crippen molar-refractivity contribution in [3.05, 3.63) is 119 Å². The van der Waals surface area contributed by atoms with Gasteiger partial charge in [0.1, 0.15) is 35.8 Å². The average Bonchev–Trinajstić information content (AvgIpc) is 3.97. The molecular weight excluding hydrogens is 813 g/mol. The van der Waals surface area contributed by atoms with Crippen LogP contribution in [0.15, 0.2) is 93.8 Å². The van der Waals surface area contributed by atoms with Crippen LogP contribution in [0.25, 0.3) is 0 Å². The van der Waals surface area contributed by atoms with Crippen LogP contribution in [0.2, 0.25) is 0 Å². The highest BCUT2D eigenvalue weighted by atomic mass is 16.4. The van der Waals surface area contributed by atoms with Crippen molar-refractivity contribution >= 4 is 23.6 Å². The molecule has 6 N–H and O–H groups in total. The van der Waals surface area contributed by atoms with Crippen molar-refractivity contribution in [1.82, 2.24) is 31.1 Å². The molecule has 2 aromatic heterocycles. The second-order valence-corrected chi connectivity index (χ2v) is 18.2. The van der Waals surface area contributed by atoms with Crippen LogP contribution in [0, 0.1) is 11.8 Å². The second kappa shape index (κ2) is 23.6. The minimum Gasteiger partial charge on any atom is -0.455 e. The van der Waals surface area contributed by atoms with Gasteiger partial charge in [-0.3, -0.25) is 29.0 Å². The maximum absolute atomic E-state index is 14.2. The van der Waals surface area contributed by atoms with Crippen LogP contribution in [0.1, 0.15) is 110 Å². The van der Waals surface area contributed by atoms with Gasteiger partial charge in [-0.25, -0.2) is 0 Å². The molecule has 14 nitrogen and oxygen atoms in total. The number of piperidine rings is 2. The summed E-state index contributed by atoms with van der Waals surface area (Å²) in [6.07, 6.45) is 3.99. The van der Waals surface area contributed by atoms with Crippen LogP contribution in [0.5, 0.6) is 0 Å². The lowest BCUT2D eigenvalue weighted by Gasteiger charge is -2.35. The number of carbonyl (C=O) groups excluding carboxylic acids is 4. The third-order valence-electron chi connectivity index (χ3n) is 12.3. The van der Waals surface area contributed by atoms with Gasteiger partial charge in [-0.2, -0.15) is 0 Å². The lowest BCUT2D eigenvalue weighted by atomic mass is 9.90. The summed E-state index contributed by atoms with van der Waals surface area (Å²) < 4.78 is 11.8. The van der Waals surface area contributed by atoms with Crippen LogP contribution < -0.4 is 21.3 Å². The minimum absolute atomic E-state index is 0.0962. The molecule has 2 aliphatic heterocycles. The number of nitrogens with zero attached hydrogens (tertiary/aromatic N) is 2. The van der Waals surface area contributed by atoms with Gasteiger partial charge in [-0.1, -0.05) is 101 Å². The van der Waals surface area contributed by atoms with Crippen LogP contribution in [-0.2, 0) is 35.5 Å². The molecule has 2 aromatic carbocycles. The van der Waals surface area contributed by atoms with E-state index in [0.29, 0.717) is 24.6 Å². The third-order valence-corrected chi connectivity index (χ3v) is 12.3. The summed E-state index contributed by atoms with van der Waals surface area (Å²) >= 11 is 0. The van der Waals surface area contributed by atoms with E-state index >= 15 is 0 Å². The number of nitrogens with one attached hydrogen (secondary N) is 4. The first kappa shape index (κ1) is 48.2. The number of likely N-dealkylation sites (tertiary alicyclic amines) is 2. The Labute approximate surface area is 377 Å². The lowest BCUT2D eigenvalue weighted by molar-refractivity contribution is -0.129. The topological polar surface area (TPSA) is 190 Å². The summed E-state index contributed by atoms with van der Waals surface area (Å²) in [5.41, 5.74) is 1.56. The molecule has 2 saturated heterocycles. The molecule has 4 heterocycles. The van der Waals surface area contributed by atoms with Crippen LogP contribution in [-0.4, -0.2) is 106 Å².